The first-order chi connectivity index (χ1) is 13.3. The number of anilines is 1. The lowest BCUT2D eigenvalue weighted by Gasteiger charge is -2.17. The van der Waals surface area contributed by atoms with Crippen molar-refractivity contribution in [1.82, 2.24) is 14.5 Å². The van der Waals surface area contributed by atoms with Gasteiger partial charge in [0.05, 0.1) is 18.1 Å². The lowest BCUT2D eigenvalue weighted by Crippen LogP contribution is -2.11. The molecule has 0 amide bonds. The second kappa shape index (κ2) is 6.98. The summed E-state index contributed by atoms with van der Waals surface area (Å²) >= 11 is 6.18. The second-order valence-electron chi connectivity index (χ2n) is 7.23. The highest BCUT2D eigenvalue weighted by Crippen LogP contribution is 2.35. The van der Waals surface area contributed by atoms with Crippen LogP contribution in [0.3, 0.4) is 0 Å². The fourth-order valence-corrected chi connectivity index (χ4v) is 4.32. The number of benzene rings is 1. The molecule has 6 heteroatoms. The van der Waals surface area contributed by atoms with Gasteiger partial charge in [0.1, 0.15) is 17.1 Å². The molecule has 138 valence electrons. The van der Waals surface area contributed by atoms with Crippen LogP contribution in [-0.4, -0.2) is 27.2 Å². The molecule has 0 spiro atoms. The standard InChI is InChI=1S/C21H21ClN4O/c22-20-18-7-9-26(21(18)25-13-24-20)16-4-5-17(11-16)27-12-14-3-6-19-15(10-14)2-1-8-23-19/h1-3,6-7,9-10,13,16-17,23H,4-5,8,11-12H2. The first-order valence-corrected chi connectivity index (χ1v) is 9.78. The Morgan fingerprint density at radius 1 is 1.22 bits per heavy atom. The van der Waals surface area contributed by atoms with Gasteiger partial charge in [-0.15, -0.1) is 0 Å². The third-order valence-corrected chi connectivity index (χ3v) is 5.82. The Labute approximate surface area is 163 Å². The molecule has 2 atom stereocenters. The van der Waals surface area contributed by atoms with Crippen molar-refractivity contribution in [2.24, 2.45) is 0 Å². The minimum absolute atomic E-state index is 0.273. The van der Waals surface area contributed by atoms with Gasteiger partial charge in [-0.05, 0) is 48.6 Å². The van der Waals surface area contributed by atoms with Gasteiger partial charge in [0, 0.05) is 24.5 Å². The molecule has 5 rings (SSSR count). The van der Waals surface area contributed by atoms with Crippen molar-refractivity contribution >= 4 is 34.4 Å². The summed E-state index contributed by atoms with van der Waals surface area (Å²) in [5.41, 5.74) is 4.57. The van der Waals surface area contributed by atoms with E-state index in [-0.39, 0.29) is 6.10 Å². The van der Waals surface area contributed by atoms with Gasteiger partial charge in [-0.25, -0.2) is 9.97 Å². The molecule has 2 aliphatic rings. The molecule has 1 aliphatic carbocycles. The highest BCUT2D eigenvalue weighted by molar-refractivity contribution is 6.33. The van der Waals surface area contributed by atoms with E-state index in [9.17, 15) is 0 Å². The summed E-state index contributed by atoms with van der Waals surface area (Å²) in [6, 6.07) is 8.90. The van der Waals surface area contributed by atoms with E-state index >= 15 is 0 Å². The zero-order valence-corrected chi connectivity index (χ0v) is 15.7. The minimum atomic E-state index is 0.273. The van der Waals surface area contributed by atoms with Gasteiger partial charge in [-0.2, -0.15) is 0 Å². The van der Waals surface area contributed by atoms with E-state index in [0.717, 1.165) is 36.8 Å². The third-order valence-electron chi connectivity index (χ3n) is 5.52. The molecule has 0 bridgehead atoms. The largest absolute Gasteiger partial charge is 0.381 e. The van der Waals surface area contributed by atoms with E-state index in [2.05, 4.69) is 56.4 Å². The molecular formula is C21H21ClN4O. The Morgan fingerprint density at radius 3 is 3.15 bits per heavy atom. The molecular weight excluding hydrogens is 360 g/mol. The monoisotopic (exact) mass is 380 g/mol. The Bertz CT molecular complexity index is 1010. The Kier molecular flexibility index (Phi) is 4.34. The van der Waals surface area contributed by atoms with Gasteiger partial charge in [-0.1, -0.05) is 29.8 Å². The Balaban J connectivity index is 1.25. The van der Waals surface area contributed by atoms with Crippen molar-refractivity contribution in [3.63, 3.8) is 0 Å². The van der Waals surface area contributed by atoms with Gasteiger partial charge in [0.15, 0.2) is 0 Å². The third kappa shape index (κ3) is 3.22. The normalized spacial score (nSPS) is 21.4. The van der Waals surface area contributed by atoms with Crippen molar-refractivity contribution in [2.45, 2.75) is 38.0 Å². The van der Waals surface area contributed by atoms with Crippen LogP contribution in [0.1, 0.15) is 36.4 Å². The predicted octanol–water partition coefficient (Wildman–Crippen LogP) is 4.83. The average Bonchev–Trinajstić information content (AvgIpc) is 3.33. The highest BCUT2D eigenvalue weighted by Gasteiger charge is 2.27. The topological polar surface area (TPSA) is 52.0 Å². The molecule has 1 aromatic carbocycles. The molecule has 1 fully saturated rings. The summed E-state index contributed by atoms with van der Waals surface area (Å²) in [5.74, 6) is 0. The summed E-state index contributed by atoms with van der Waals surface area (Å²) in [6.45, 7) is 1.55. The lowest BCUT2D eigenvalue weighted by atomic mass is 10.1. The van der Waals surface area contributed by atoms with E-state index < -0.39 is 0 Å². The number of fused-ring (bicyclic) bond motifs is 2. The average molecular weight is 381 g/mol. The van der Waals surface area contributed by atoms with Gasteiger partial charge in [0.2, 0.25) is 0 Å². The van der Waals surface area contributed by atoms with E-state index in [1.807, 2.05) is 6.07 Å². The lowest BCUT2D eigenvalue weighted by molar-refractivity contribution is 0.0434. The Morgan fingerprint density at radius 2 is 2.19 bits per heavy atom. The maximum atomic E-state index is 6.23. The first kappa shape index (κ1) is 16.8. The summed E-state index contributed by atoms with van der Waals surface area (Å²) in [4.78, 5) is 8.48. The second-order valence-corrected chi connectivity index (χ2v) is 7.59. The molecule has 2 aromatic heterocycles. The number of ether oxygens (including phenoxy) is 1. The van der Waals surface area contributed by atoms with Crippen LogP contribution in [0.2, 0.25) is 5.15 Å². The zero-order chi connectivity index (χ0) is 18.2. The number of hydrogen-bond acceptors (Lipinski definition) is 4. The van der Waals surface area contributed by atoms with Crippen molar-refractivity contribution in [3.8, 4) is 0 Å². The van der Waals surface area contributed by atoms with Crippen LogP contribution in [0.25, 0.3) is 17.1 Å². The highest BCUT2D eigenvalue weighted by atomic mass is 35.5. The quantitative estimate of drug-likeness (QED) is 0.658. The van der Waals surface area contributed by atoms with Crippen LogP contribution in [0, 0.1) is 0 Å². The van der Waals surface area contributed by atoms with Crippen LogP contribution in [0.4, 0.5) is 5.69 Å². The van der Waals surface area contributed by atoms with Crippen LogP contribution in [0.5, 0.6) is 0 Å². The summed E-state index contributed by atoms with van der Waals surface area (Å²) < 4.78 is 8.45. The molecule has 27 heavy (non-hydrogen) atoms. The number of hydrogen-bond donors (Lipinski definition) is 1. The van der Waals surface area contributed by atoms with E-state index in [4.69, 9.17) is 16.3 Å². The number of halogens is 1. The summed E-state index contributed by atoms with van der Waals surface area (Å²) in [6.07, 6.45) is 11.3. The van der Waals surface area contributed by atoms with Crippen LogP contribution >= 0.6 is 11.6 Å². The molecule has 0 saturated heterocycles. The molecule has 1 saturated carbocycles. The van der Waals surface area contributed by atoms with Crippen molar-refractivity contribution < 1.29 is 4.74 Å². The van der Waals surface area contributed by atoms with Gasteiger partial charge < -0.3 is 14.6 Å². The molecule has 1 N–H and O–H groups in total. The number of aromatic nitrogens is 3. The maximum Gasteiger partial charge on any atom is 0.145 e. The Hall–Kier alpha value is -2.37. The van der Waals surface area contributed by atoms with E-state index in [1.54, 1.807) is 0 Å². The molecule has 5 nitrogen and oxygen atoms in total. The first-order valence-electron chi connectivity index (χ1n) is 9.40. The molecule has 3 aromatic rings. The smallest absolute Gasteiger partial charge is 0.145 e. The molecule has 0 radical (unpaired) electrons. The summed E-state index contributed by atoms with van der Waals surface area (Å²) in [5, 5.41) is 4.81. The minimum Gasteiger partial charge on any atom is -0.381 e. The van der Waals surface area contributed by atoms with Crippen molar-refractivity contribution in [3.05, 3.63) is 59.1 Å². The predicted molar refractivity (Wildman–Crippen MR) is 108 cm³/mol. The van der Waals surface area contributed by atoms with Crippen LogP contribution < -0.4 is 5.32 Å². The molecule has 3 heterocycles. The van der Waals surface area contributed by atoms with Crippen LogP contribution in [-0.2, 0) is 11.3 Å². The molecule has 1 aliphatic heterocycles. The maximum absolute atomic E-state index is 6.23. The fraction of sp³-hybridized carbons (Fsp3) is 0.333. The number of nitrogens with zero attached hydrogens (tertiary/aromatic N) is 3. The summed E-state index contributed by atoms with van der Waals surface area (Å²) in [7, 11) is 0. The van der Waals surface area contributed by atoms with Crippen LogP contribution in [0.15, 0.2) is 42.9 Å². The zero-order valence-electron chi connectivity index (χ0n) is 14.9. The fourth-order valence-electron chi connectivity index (χ4n) is 4.13. The van der Waals surface area contributed by atoms with Gasteiger partial charge in [-0.3, -0.25) is 0 Å². The number of nitrogens with one attached hydrogen (secondary N) is 1. The van der Waals surface area contributed by atoms with E-state index in [1.165, 1.54) is 23.1 Å². The van der Waals surface area contributed by atoms with Gasteiger partial charge >= 0.3 is 0 Å². The van der Waals surface area contributed by atoms with Crippen molar-refractivity contribution in [1.29, 1.82) is 0 Å². The van der Waals surface area contributed by atoms with E-state index in [0.29, 0.717) is 17.8 Å². The SMILES string of the molecule is Clc1ncnc2c1ccn2C1CCC(OCc2ccc3c(c2)C=CCN3)C1. The van der Waals surface area contributed by atoms with Gasteiger partial charge in [0.25, 0.3) is 0 Å². The molecule has 2 unspecified atom stereocenters. The number of rotatable bonds is 4. The van der Waals surface area contributed by atoms with Crippen molar-refractivity contribution in [2.75, 3.05) is 11.9 Å².